The summed E-state index contributed by atoms with van der Waals surface area (Å²) in [5.41, 5.74) is 2.21. The second-order valence-corrected chi connectivity index (χ2v) is 6.86. The van der Waals surface area contributed by atoms with Crippen molar-refractivity contribution < 1.29 is 19.0 Å². The van der Waals surface area contributed by atoms with Gasteiger partial charge in [-0.25, -0.2) is 0 Å². The number of hydrogen-bond donors (Lipinski definition) is 1. The monoisotopic (exact) mass is 384 g/mol. The molecule has 0 radical (unpaired) electrons. The van der Waals surface area contributed by atoms with Gasteiger partial charge in [0.25, 0.3) is 0 Å². The Morgan fingerprint density at radius 3 is 2.36 bits per heavy atom. The largest absolute Gasteiger partial charge is 0.494 e. The number of carbonyl (C=O) groups excluding carboxylic acids is 1. The van der Waals surface area contributed by atoms with Gasteiger partial charge in [0.15, 0.2) is 0 Å². The Morgan fingerprint density at radius 1 is 1.11 bits per heavy atom. The molecule has 0 aromatic heterocycles. The molecular weight excluding hydrogens is 356 g/mol. The van der Waals surface area contributed by atoms with E-state index in [1.807, 2.05) is 50.2 Å². The van der Waals surface area contributed by atoms with Gasteiger partial charge in [-0.1, -0.05) is 12.1 Å². The van der Waals surface area contributed by atoms with E-state index >= 15 is 0 Å². The molecule has 6 nitrogen and oxygen atoms in total. The van der Waals surface area contributed by atoms with Crippen molar-refractivity contribution in [3.8, 4) is 11.5 Å². The first-order chi connectivity index (χ1) is 13.6. The third-order valence-electron chi connectivity index (χ3n) is 4.70. The molecule has 0 bridgehead atoms. The number of nitrogens with one attached hydrogen (secondary N) is 1. The summed E-state index contributed by atoms with van der Waals surface area (Å²) in [6.45, 7) is 6.40. The van der Waals surface area contributed by atoms with Crippen molar-refractivity contribution in [1.82, 2.24) is 5.32 Å². The van der Waals surface area contributed by atoms with Crippen molar-refractivity contribution in [2.24, 2.45) is 0 Å². The lowest BCUT2D eigenvalue weighted by Crippen LogP contribution is -2.54. The van der Waals surface area contributed by atoms with Crippen molar-refractivity contribution in [2.75, 3.05) is 38.3 Å². The van der Waals surface area contributed by atoms with Crippen LogP contribution in [-0.4, -0.2) is 45.4 Å². The molecule has 1 aliphatic heterocycles. The standard InChI is InChI=1S/C22H28N2O4/c1-4-27-19-11-7-18(8-12-19)24-13-21(14-24)28-20-9-5-17(6-10-20)16(2)23-22(25)15-26-3/h5-12,16,21H,4,13-15H2,1-3H3,(H,23,25). The molecule has 6 heteroatoms. The maximum atomic E-state index is 11.6. The quantitative estimate of drug-likeness (QED) is 0.720. The fourth-order valence-electron chi connectivity index (χ4n) is 3.17. The normalized spacial score (nSPS) is 14.9. The highest BCUT2D eigenvalue weighted by molar-refractivity contribution is 5.77. The van der Waals surface area contributed by atoms with Crippen LogP contribution in [0.3, 0.4) is 0 Å². The summed E-state index contributed by atoms with van der Waals surface area (Å²) in [5, 5.41) is 2.90. The van der Waals surface area contributed by atoms with Crippen LogP contribution in [0.1, 0.15) is 25.5 Å². The molecule has 1 unspecified atom stereocenters. The molecule has 3 rings (SSSR count). The molecule has 0 saturated carbocycles. The van der Waals surface area contributed by atoms with Gasteiger partial charge in [-0.2, -0.15) is 0 Å². The van der Waals surface area contributed by atoms with Crippen molar-refractivity contribution >= 4 is 11.6 Å². The Kier molecular flexibility index (Phi) is 6.76. The summed E-state index contributed by atoms with van der Waals surface area (Å²) in [4.78, 5) is 13.9. The SMILES string of the molecule is CCOc1ccc(N2CC(Oc3ccc(C(C)NC(=O)COC)cc3)C2)cc1. The number of methoxy groups -OCH3 is 1. The van der Waals surface area contributed by atoms with E-state index in [0.29, 0.717) is 6.61 Å². The number of amides is 1. The van der Waals surface area contributed by atoms with Crippen LogP contribution in [0.15, 0.2) is 48.5 Å². The third-order valence-corrected chi connectivity index (χ3v) is 4.70. The maximum absolute atomic E-state index is 11.6. The van der Waals surface area contributed by atoms with E-state index in [9.17, 15) is 4.79 Å². The molecular formula is C22H28N2O4. The fraction of sp³-hybridized carbons (Fsp3) is 0.409. The Balaban J connectivity index is 1.46. The van der Waals surface area contributed by atoms with Crippen LogP contribution in [0, 0.1) is 0 Å². The molecule has 1 atom stereocenters. The van der Waals surface area contributed by atoms with Gasteiger partial charge in [0.1, 0.15) is 24.2 Å². The Labute approximate surface area is 166 Å². The molecule has 150 valence electrons. The highest BCUT2D eigenvalue weighted by Crippen LogP contribution is 2.26. The number of anilines is 1. The molecule has 2 aromatic rings. The van der Waals surface area contributed by atoms with Crippen LogP contribution in [0.5, 0.6) is 11.5 Å². The van der Waals surface area contributed by atoms with Crippen LogP contribution in [0.4, 0.5) is 5.69 Å². The molecule has 28 heavy (non-hydrogen) atoms. The molecule has 1 saturated heterocycles. The zero-order valence-electron chi connectivity index (χ0n) is 16.7. The lowest BCUT2D eigenvalue weighted by Gasteiger charge is -2.40. The Hall–Kier alpha value is -2.73. The summed E-state index contributed by atoms with van der Waals surface area (Å²) in [6.07, 6.45) is 0.177. The zero-order valence-corrected chi connectivity index (χ0v) is 16.7. The van der Waals surface area contributed by atoms with E-state index in [2.05, 4.69) is 22.3 Å². The van der Waals surface area contributed by atoms with Crippen LogP contribution in [0.25, 0.3) is 0 Å². The molecule has 0 aliphatic carbocycles. The number of nitrogens with zero attached hydrogens (tertiary/aromatic N) is 1. The topological polar surface area (TPSA) is 60.0 Å². The van der Waals surface area contributed by atoms with Gasteiger partial charge >= 0.3 is 0 Å². The highest BCUT2D eigenvalue weighted by atomic mass is 16.5. The number of rotatable bonds is 9. The maximum Gasteiger partial charge on any atom is 0.246 e. The lowest BCUT2D eigenvalue weighted by atomic mass is 10.1. The van der Waals surface area contributed by atoms with E-state index in [1.54, 1.807) is 0 Å². The van der Waals surface area contributed by atoms with Gasteiger partial charge in [-0.15, -0.1) is 0 Å². The number of hydrogen-bond acceptors (Lipinski definition) is 5. The number of benzene rings is 2. The van der Waals surface area contributed by atoms with Gasteiger partial charge in [0.05, 0.1) is 25.7 Å². The first-order valence-electron chi connectivity index (χ1n) is 9.61. The summed E-state index contributed by atoms with van der Waals surface area (Å²) in [7, 11) is 1.51. The zero-order chi connectivity index (χ0) is 19.9. The van der Waals surface area contributed by atoms with Crippen molar-refractivity contribution in [3.05, 3.63) is 54.1 Å². The molecule has 0 spiro atoms. The number of carbonyl (C=O) groups is 1. The third kappa shape index (κ3) is 5.16. The Morgan fingerprint density at radius 2 is 1.75 bits per heavy atom. The predicted molar refractivity (Wildman–Crippen MR) is 109 cm³/mol. The average molecular weight is 384 g/mol. The first kappa shape index (κ1) is 20.0. The Bertz CT molecular complexity index is 755. The summed E-state index contributed by atoms with van der Waals surface area (Å²) in [5.74, 6) is 1.61. The second kappa shape index (κ2) is 9.46. The van der Waals surface area contributed by atoms with E-state index < -0.39 is 0 Å². The molecule has 1 aliphatic rings. The highest BCUT2D eigenvalue weighted by Gasteiger charge is 2.28. The van der Waals surface area contributed by atoms with Crippen LogP contribution in [-0.2, 0) is 9.53 Å². The molecule has 1 amide bonds. The summed E-state index contributed by atoms with van der Waals surface area (Å²) in [6, 6.07) is 15.9. The van der Waals surface area contributed by atoms with E-state index in [4.69, 9.17) is 14.2 Å². The van der Waals surface area contributed by atoms with Gasteiger partial charge in [-0.05, 0) is 55.8 Å². The predicted octanol–water partition coefficient (Wildman–Crippen LogP) is 3.18. The van der Waals surface area contributed by atoms with Gasteiger partial charge in [0.2, 0.25) is 5.91 Å². The average Bonchev–Trinajstić information content (AvgIpc) is 2.66. The van der Waals surface area contributed by atoms with Crippen molar-refractivity contribution in [3.63, 3.8) is 0 Å². The van der Waals surface area contributed by atoms with Gasteiger partial charge in [-0.3, -0.25) is 4.79 Å². The van der Waals surface area contributed by atoms with Crippen LogP contribution >= 0.6 is 0 Å². The summed E-state index contributed by atoms with van der Waals surface area (Å²) >= 11 is 0. The summed E-state index contributed by atoms with van der Waals surface area (Å²) < 4.78 is 16.4. The smallest absolute Gasteiger partial charge is 0.246 e. The minimum atomic E-state index is -0.126. The second-order valence-electron chi connectivity index (χ2n) is 6.86. The number of ether oxygens (including phenoxy) is 3. The van der Waals surface area contributed by atoms with Crippen LogP contribution < -0.4 is 19.7 Å². The van der Waals surface area contributed by atoms with E-state index in [-0.39, 0.29) is 24.7 Å². The molecule has 1 N–H and O–H groups in total. The fourth-order valence-corrected chi connectivity index (χ4v) is 3.17. The van der Waals surface area contributed by atoms with Crippen molar-refractivity contribution in [1.29, 1.82) is 0 Å². The molecule has 2 aromatic carbocycles. The van der Waals surface area contributed by atoms with Gasteiger partial charge < -0.3 is 24.4 Å². The van der Waals surface area contributed by atoms with E-state index in [1.165, 1.54) is 12.8 Å². The molecule has 1 fully saturated rings. The van der Waals surface area contributed by atoms with Gasteiger partial charge in [0, 0.05) is 12.8 Å². The minimum Gasteiger partial charge on any atom is -0.494 e. The lowest BCUT2D eigenvalue weighted by molar-refractivity contribution is -0.125. The minimum absolute atomic E-state index is 0.0675. The van der Waals surface area contributed by atoms with Crippen LogP contribution in [0.2, 0.25) is 0 Å². The van der Waals surface area contributed by atoms with E-state index in [0.717, 1.165) is 30.2 Å². The van der Waals surface area contributed by atoms with Crippen molar-refractivity contribution in [2.45, 2.75) is 26.0 Å². The molecule has 1 heterocycles. The first-order valence-corrected chi connectivity index (χ1v) is 9.61.